The van der Waals surface area contributed by atoms with Gasteiger partial charge < -0.3 is 5.32 Å². The number of sulfone groups is 1. The molecule has 0 aliphatic rings. The predicted molar refractivity (Wildman–Crippen MR) is 69.5 cm³/mol. The van der Waals surface area contributed by atoms with E-state index in [1.807, 2.05) is 0 Å². The van der Waals surface area contributed by atoms with Gasteiger partial charge in [-0.3, -0.25) is 10.1 Å². The van der Waals surface area contributed by atoms with Crippen molar-refractivity contribution in [1.29, 1.82) is 0 Å². The molecule has 0 saturated heterocycles. The second kappa shape index (κ2) is 5.63. The minimum absolute atomic E-state index is 0.199. The van der Waals surface area contributed by atoms with E-state index in [2.05, 4.69) is 11.9 Å². The summed E-state index contributed by atoms with van der Waals surface area (Å²) in [4.78, 5) is 10.0. The summed E-state index contributed by atoms with van der Waals surface area (Å²) in [6.07, 6.45) is 3.24. The zero-order valence-electron chi connectivity index (χ0n) is 9.92. The highest BCUT2D eigenvalue weighted by molar-refractivity contribution is 7.90. The number of hydrogen-bond donors (Lipinski definition) is 1. The highest BCUT2D eigenvalue weighted by atomic mass is 32.2. The Balaban J connectivity index is 3.27. The molecule has 1 aromatic carbocycles. The van der Waals surface area contributed by atoms with Gasteiger partial charge in [0.1, 0.15) is 10.6 Å². The van der Waals surface area contributed by atoms with Gasteiger partial charge in [0.15, 0.2) is 9.84 Å². The number of benzene rings is 1. The van der Waals surface area contributed by atoms with Crippen molar-refractivity contribution in [3.8, 4) is 0 Å². The van der Waals surface area contributed by atoms with Gasteiger partial charge in [-0.2, -0.15) is 0 Å². The number of anilines is 1. The van der Waals surface area contributed by atoms with Crippen LogP contribution in [0.15, 0.2) is 35.7 Å². The minimum atomic E-state index is -3.63. The Hall–Kier alpha value is -1.89. The van der Waals surface area contributed by atoms with Gasteiger partial charge in [0.25, 0.3) is 0 Å². The van der Waals surface area contributed by atoms with Gasteiger partial charge in [-0.05, 0) is 18.6 Å². The van der Waals surface area contributed by atoms with Crippen molar-refractivity contribution in [1.82, 2.24) is 0 Å². The van der Waals surface area contributed by atoms with Crippen molar-refractivity contribution in [3.63, 3.8) is 0 Å². The number of nitro groups is 1. The Morgan fingerprint density at radius 2 is 2.17 bits per heavy atom. The number of hydrogen-bond acceptors (Lipinski definition) is 5. The lowest BCUT2D eigenvalue weighted by atomic mass is 10.2. The average molecular weight is 270 g/mol. The molecular formula is C11H14N2O4S. The van der Waals surface area contributed by atoms with E-state index in [-0.39, 0.29) is 10.6 Å². The lowest BCUT2D eigenvalue weighted by Gasteiger charge is -2.08. The monoisotopic (exact) mass is 270 g/mol. The summed E-state index contributed by atoms with van der Waals surface area (Å²) in [5.41, 5.74) is -0.214. The molecule has 0 unspecified atom stereocenters. The first kappa shape index (κ1) is 14.2. The molecule has 0 aliphatic carbocycles. The van der Waals surface area contributed by atoms with Gasteiger partial charge in [-0.25, -0.2) is 8.42 Å². The predicted octanol–water partition coefficient (Wildman–Crippen LogP) is 1.99. The zero-order valence-corrected chi connectivity index (χ0v) is 10.7. The smallest absolute Gasteiger partial charge is 0.310 e. The lowest BCUT2D eigenvalue weighted by molar-refractivity contribution is -0.386. The minimum Gasteiger partial charge on any atom is -0.379 e. The van der Waals surface area contributed by atoms with Gasteiger partial charge in [0.2, 0.25) is 0 Å². The second-order valence-electron chi connectivity index (χ2n) is 3.69. The fraction of sp³-hybridized carbons (Fsp3) is 0.273. The molecule has 98 valence electrons. The molecule has 0 atom stereocenters. The molecule has 1 aromatic rings. The van der Waals surface area contributed by atoms with E-state index in [4.69, 9.17) is 0 Å². The second-order valence-corrected chi connectivity index (χ2v) is 5.67. The fourth-order valence-corrected chi connectivity index (χ4v) is 2.32. The van der Waals surface area contributed by atoms with Crippen LogP contribution in [0.2, 0.25) is 0 Å². The number of rotatable bonds is 6. The van der Waals surface area contributed by atoms with Crippen LogP contribution < -0.4 is 5.32 Å². The highest BCUT2D eigenvalue weighted by Gasteiger charge is 2.25. The molecule has 18 heavy (non-hydrogen) atoms. The SMILES string of the molecule is C=CCCNc1cccc(S(C)(=O)=O)c1[N+](=O)[O-]. The van der Waals surface area contributed by atoms with Gasteiger partial charge in [-0.1, -0.05) is 12.1 Å². The van der Waals surface area contributed by atoms with Crippen LogP contribution in [0, 0.1) is 10.1 Å². The largest absolute Gasteiger partial charge is 0.379 e. The van der Waals surface area contributed by atoms with Gasteiger partial charge in [0, 0.05) is 12.8 Å². The standard InChI is InChI=1S/C11H14N2O4S/c1-3-4-8-12-9-6-5-7-10(18(2,16)17)11(9)13(14)15/h3,5-7,12H,1,4,8H2,2H3. The summed E-state index contributed by atoms with van der Waals surface area (Å²) in [6, 6.07) is 4.18. The Kier molecular flexibility index (Phi) is 4.43. The van der Waals surface area contributed by atoms with E-state index in [9.17, 15) is 18.5 Å². The first-order valence-corrected chi connectivity index (χ1v) is 7.09. The number of nitrogens with one attached hydrogen (secondary N) is 1. The first-order chi connectivity index (χ1) is 8.38. The van der Waals surface area contributed by atoms with E-state index >= 15 is 0 Å². The van der Waals surface area contributed by atoms with E-state index < -0.39 is 20.4 Å². The molecule has 0 bridgehead atoms. The Morgan fingerprint density at radius 3 is 2.67 bits per heavy atom. The van der Waals surface area contributed by atoms with Crippen molar-refractivity contribution >= 4 is 21.2 Å². The molecular weight excluding hydrogens is 256 g/mol. The zero-order chi connectivity index (χ0) is 13.8. The van der Waals surface area contributed by atoms with Gasteiger partial charge in [0.05, 0.1) is 4.92 Å². The maximum absolute atomic E-state index is 11.5. The molecule has 0 fully saturated rings. The molecule has 0 amide bonds. The Bertz CT molecular complexity index is 566. The molecule has 0 heterocycles. The van der Waals surface area contributed by atoms with Crippen LogP contribution >= 0.6 is 0 Å². The van der Waals surface area contributed by atoms with Crippen LogP contribution in [-0.2, 0) is 9.84 Å². The van der Waals surface area contributed by atoms with Crippen molar-refractivity contribution in [2.24, 2.45) is 0 Å². The van der Waals surface area contributed by atoms with Crippen LogP contribution in [0.25, 0.3) is 0 Å². The summed E-state index contributed by atoms with van der Waals surface area (Å²) >= 11 is 0. The molecule has 7 heteroatoms. The summed E-state index contributed by atoms with van der Waals surface area (Å²) in [5.74, 6) is 0. The quantitative estimate of drug-likeness (QED) is 0.369. The van der Waals surface area contributed by atoms with E-state index in [1.54, 1.807) is 6.08 Å². The number of nitro benzene ring substituents is 1. The Morgan fingerprint density at radius 1 is 1.50 bits per heavy atom. The molecule has 1 N–H and O–H groups in total. The van der Waals surface area contributed by atoms with Crippen LogP contribution in [0.4, 0.5) is 11.4 Å². The van der Waals surface area contributed by atoms with Crippen molar-refractivity contribution in [2.45, 2.75) is 11.3 Å². The van der Waals surface area contributed by atoms with E-state index in [0.29, 0.717) is 13.0 Å². The van der Waals surface area contributed by atoms with Crippen molar-refractivity contribution < 1.29 is 13.3 Å². The first-order valence-electron chi connectivity index (χ1n) is 5.20. The number of para-hydroxylation sites is 1. The molecule has 0 saturated carbocycles. The maximum atomic E-state index is 11.5. The third kappa shape index (κ3) is 3.30. The summed E-state index contributed by atoms with van der Waals surface area (Å²) in [7, 11) is -3.63. The molecule has 0 aromatic heterocycles. The third-order valence-corrected chi connectivity index (χ3v) is 3.37. The normalized spacial score (nSPS) is 10.9. The van der Waals surface area contributed by atoms with Crippen molar-refractivity contribution in [2.75, 3.05) is 18.1 Å². The van der Waals surface area contributed by atoms with E-state index in [1.165, 1.54) is 18.2 Å². The molecule has 0 aliphatic heterocycles. The lowest BCUT2D eigenvalue weighted by Crippen LogP contribution is -2.08. The van der Waals surface area contributed by atoms with Gasteiger partial charge in [-0.15, -0.1) is 6.58 Å². The van der Waals surface area contributed by atoms with Gasteiger partial charge >= 0.3 is 5.69 Å². The summed E-state index contributed by atoms with van der Waals surface area (Å²) in [5, 5.41) is 13.8. The maximum Gasteiger partial charge on any atom is 0.310 e. The van der Waals surface area contributed by atoms with Crippen LogP contribution in [0.3, 0.4) is 0 Å². The molecule has 6 nitrogen and oxygen atoms in total. The molecule has 1 rings (SSSR count). The molecule has 0 spiro atoms. The average Bonchev–Trinajstić information content (AvgIpc) is 2.27. The van der Waals surface area contributed by atoms with E-state index in [0.717, 1.165) is 6.26 Å². The van der Waals surface area contributed by atoms with Crippen LogP contribution in [0.1, 0.15) is 6.42 Å². The highest BCUT2D eigenvalue weighted by Crippen LogP contribution is 2.31. The van der Waals surface area contributed by atoms with Crippen molar-refractivity contribution in [3.05, 3.63) is 41.0 Å². The summed E-state index contributed by atoms with van der Waals surface area (Å²) < 4.78 is 23.0. The van der Waals surface area contributed by atoms with Crippen LogP contribution in [0.5, 0.6) is 0 Å². The third-order valence-electron chi connectivity index (χ3n) is 2.24. The summed E-state index contributed by atoms with van der Waals surface area (Å²) in [6.45, 7) is 3.99. The number of nitrogens with zero attached hydrogens (tertiary/aromatic N) is 1. The Labute approximate surface area is 105 Å². The molecule has 0 radical (unpaired) electrons. The topological polar surface area (TPSA) is 89.3 Å². The fourth-order valence-electron chi connectivity index (χ4n) is 1.46. The van der Waals surface area contributed by atoms with Crippen LogP contribution in [-0.4, -0.2) is 26.1 Å².